The Morgan fingerprint density at radius 2 is 2.10 bits per heavy atom. The van der Waals surface area contributed by atoms with Gasteiger partial charge in [-0.2, -0.15) is 0 Å². The second kappa shape index (κ2) is 5.11. The van der Waals surface area contributed by atoms with Crippen molar-refractivity contribution < 1.29 is 0 Å². The minimum Gasteiger partial charge on any atom is -0.399 e. The van der Waals surface area contributed by atoms with Gasteiger partial charge in [0.25, 0.3) is 0 Å². The Balaban J connectivity index is 2.33. The van der Waals surface area contributed by atoms with E-state index < -0.39 is 0 Å². The molecular weight excluding hydrogens is 338 g/mol. The number of hydrogen-bond acceptors (Lipinski definition) is 2. The molecule has 0 spiro atoms. The van der Waals surface area contributed by atoms with Gasteiger partial charge in [-0.1, -0.05) is 33.6 Å². The maximum absolute atomic E-state index is 6.31. The van der Waals surface area contributed by atoms with Crippen LogP contribution in [0.25, 0.3) is 22.4 Å². The van der Waals surface area contributed by atoms with Gasteiger partial charge < -0.3 is 10.3 Å². The molecule has 0 saturated carbocycles. The predicted octanol–water partition coefficient (Wildman–Crippen LogP) is 4.72. The van der Waals surface area contributed by atoms with Gasteiger partial charge >= 0.3 is 0 Å². The van der Waals surface area contributed by atoms with Crippen LogP contribution in [0.4, 0.5) is 5.69 Å². The topological polar surface area (TPSA) is 43.8 Å². The van der Waals surface area contributed by atoms with E-state index in [1.54, 1.807) is 0 Å². The number of aromatic nitrogens is 2. The molecule has 20 heavy (non-hydrogen) atoms. The molecule has 1 heterocycles. The molecule has 3 nitrogen and oxygen atoms in total. The maximum Gasteiger partial charge on any atom is 0.141 e. The van der Waals surface area contributed by atoms with Gasteiger partial charge in [0.1, 0.15) is 5.82 Å². The van der Waals surface area contributed by atoms with E-state index >= 15 is 0 Å². The minimum atomic E-state index is 0.704. The number of hydrogen-bond donors (Lipinski definition) is 1. The third kappa shape index (κ3) is 2.19. The van der Waals surface area contributed by atoms with Crippen LogP contribution in [0.3, 0.4) is 0 Å². The van der Waals surface area contributed by atoms with Crippen molar-refractivity contribution in [2.45, 2.75) is 13.5 Å². The van der Waals surface area contributed by atoms with Crippen molar-refractivity contribution in [1.29, 1.82) is 0 Å². The SMILES string of the molecule is CCn1c(-c2cc(N)cc(Br)c2)nc2cccc(Cl)c21. The second-order valence-corrected chi connectivity index (χ2v) is 5.88. The molecule has 0 radical (unpaired) electrons. The summed E-state index contributed by atoms with van der Waals surface area (Å²) in [7, 11) is 0. The summed E-state index contributed by atoms with van der Waals surface area (Å²) in [5.41, 5.74) is 9.46. The highest BCUT2D eigenvalue weighted by Crippen LogP contribution is 2.31. The number of imidazole rings is 1. The van der Waals surface area contributed by atoms with Crippen LogP contribution in [-0.2, 0) is 6.54 Å². The number of halogens is 2. The lowest BCUT2D eigenvalue weighted by molar-refractivity contribution is 0.796. The van der Waals surface area contributed by atoms with Crippen molar-refractivity contribution in [3.8, 4) is 11.4 Å². The van der Waals surface area contributed by atoms with Crippen molar-refractivity contribution in [3.05, 3.63) is 45.9 Å². The fourth-order valence-corrected chi connectivity index (χ4v) is 3.19. The molecule has 0 fully saturated rings. The molecule has 102 valence electrons. The van der Waals surface area contributed by atoms with Crippen LogP contribution in [0.5, 0.6) is 0 Å². The fraction of sp³-hybridized carbons (Fsp3) is 0.133. The Labute approximate surface area is 130 Å². The fourth-order valence-electron chi connectivity index (χ4n) is 2.41. The molecule has 0 amide bonds. The summed E-state index contributed by atoms with van der Waals surface area (Å²) in [5, 5.41) is 0.714. The summed E-state index contributed by atoms with van der Waals surface area (Å²) < 4.78 is 3.05. The number of aryl methyl sites for hydroxylation is 1. The predicted molar refractivity (Wildman–Crippen MR) is 88.0 cm³/mol. The zero-order valence-corrected chi connectivity index (χ0v) is 13.2. The minimum absolute atomic E-state index is 0.704. The molecule has 2 aromatic carbocycles. The Hall–Kier alpha value is -1.52. The Morgan fingerprint density at radius 3 is 2.80 bits per heavy atom. The van der Waals surface area contributed by atoms with E-state index in [2.05, 4.69) is 27.4 Å². The van der Waals surface area contributed by atoms with Crippen LogP contribution in [0, 0.1) is 0 Å². The van der Waals surface area contributed by atoms with Crippen LogP contribution in [0.2, 0.25) is 5.02 Å². The Bertz CT molecular complexity index is 775. The van der Waals surface area contributed by atoms with E-state index in [9.17, 15) is 0 Å². The maximum atomic E-state index is 6.31. The third-order valence-electron chi connectivity index (χ3n) is 3.21. The number of rotatable bonds is 2. The number of benzene rings is 2. The number of nitrogen functional groups attached to an aromatic ring is 1. The first-order chi connectivity index (χ1) is 9.60. The van der Waals surface area contributed by atoms with Gasteiger partial charge in [0.2, 0.25) is 0 Å². The summed E-state index contributed by atoms with van der Waals surface area (Å²) >= 11 is 9.78. The Morgan fingerprint density at radius 1 is 1.30 bits per heavy atom. The summed E-state index contributed by atoms with van der Waals surface area (Å²) in [6, 6.07) is 11.6. The van der Waals surface area contributed by atoms with Crippen LogP contribution >= 0.6 is 27.5 Å². The van der Waals surface area contributed by atoms with Crippen LogP contribution in [0.1, 0.15) is 6.92 Å². The number of nitrogens with zero attached hydrogens (tertiary/aromatic N) is 2. The van der Waals surface area contributed by atoms with E-state index in [1.807, 2.05) is 36.4 Å². The molecule has 5 heteroatoms. The number of nitrogens with two attached hydrogens (primary N) is 1. The van der Waals surface area contributed by atoms with Crippen LogP contribution in [-0.4, -0.2) is 9.55 Å². The average molecular weight is 351 g/mol. The van der Waals surface area contributed by atoms with Crippen molar-refractivity contribution in [1.82, 2.24) is 9.55 Å². The van der Waals surface area contributed by atoms with E-state index in [0.29, 0.717) is 10.7 Å². The Kier molecular flexibility index (Phi) is 3.44. The lowest BCUT2D eigenvalue weighted by atomic mass is 10.2. The lowest BCUT2D eigenvalue weighted by Crippen LogP contribution is -1.98. The molecule has 3 aromatic rings. The molecule has 0 saturated heterocycles. The van der Waals surface area contributed by atoms with Crippen molar-refractivity contribution in [2.75, 3.05) is 5.73 Å². The molecule has 2 N–H and O–H groups in total. The normalized spacial score (nSPS) is 11.2. The zero-order chi connectivity index (χ0) is 14.3. The molecule has 0 bridgehead atoms. The van der Waals surface area contributed by atoms with Gasteiger partial charge in [0, 0.05) is 22.3 Å². The van der Waals surface area contributed by atoms with Crippen molar-refractivity contribution >= 4 is 44.3 Å². The lowest BCUT2D eigenvalue weighted by Gasteiger charge is -2.08. The number of para-hydroxylation sites is 1. The summed E-state index contributed by atoms with van der Waals surface area (Å²) in [5.74, 6) is 0.878. The molecule has 0 atom stereocenters. The first kappa shape index (κ1) is 13.5. The molecule has 0 aliphatic carbocycles. The quantitative estimate of drug-likeness (QED) is 0.680. The highest BCUT2D eigenvalue weighted by molar-refractivity contribution is 9.10. The molecule has 3 rings (SSSR count). The van der Waals surface area contributed by atoms with Gasteiger partial charge in [0.05, 0.1) is 16.1 Å². The molecular formula is C15H13BrClN3. The highest BCUT2D eigenvalue weighted by Gasteiger charge is 2.14. The average Bonchev–Trinajstić information content (AvgIpc) is 2.77. The van der Waals surface area contributed by atoms with Crippen molar-refractivity contribution in [3.63, 3.8) is 0 Å². The first-order valence-corrected chi connectivity index (χ1v) is 7.48. The number of fused-ring (bicyclic) bond motifs is 1. The van der Waals surface area contributed by atoms with Crippen LogP contribution in [0.15, 0.2) is 40.9 Å². The smallest absolute Gasteiger partial charge is 0.141 e. The molecule has 0 unspecified atom stereocenters. The number of anilines is 1. The van der Waals surface area contributed by atoms with Gasteiger partial charge in [0.15, 0.2) is 0 Å². The third-order valence-corrected chi connectivity index (χ3v) is 3.97. The van der Waals surface area contributed by atoms with E-state index in [-0.39, 0.29) is 0 Å². The molecule has 0 aliphatic rings. The zero-order valence-electron chi connectivity index (χ0n) is 10.9. The summed E-state index contributed by atoms with van der Waals surface area (Å²) in [4.78, 5) is 4.70. The van der Waals surface area contributed by atoms with Crippen LogP contribution < -0.4 is 5.73 Å². The van der Waals surface area contributed by atoms with Gasteiger partial charge in [-0.05, 0) is 37.3 Å². The van der Waals surface area contributed by atoms with Crippen molar-refractivity contribution in [2.24, 2.45) is 0 Å². The second-order valence-electron chi connectivity index (χ2n) is 4.56. The molecule has 1 aromatic heterocycles. The van der Waals surface area contributed by atoms with E-state index in [1.165, 1.54) is 0 Å². The van der Waals surface area contributed by atoms with Gasteiger partial charge in [-0.25, -0.2) is 4.98 Å². The van der Waals surface area contributed by atoms with Gasteiger partial charge in [-0.15, -0.1) is 0 Å². The van der Waals surface area contributed by atoms with E-state index in [0.717, 1.165) is 33.4 Å². The first-order valence-electron chi connectivity index (χ1n) is 6.31. The van der Waals surface area contributed by atoms with Gasteiger partial charge in [-0.3, -0.25) is 0 Å². The molecule has 0 aliphatic heterocycles. The highest BCUT2D eigenvalue weighted by atomic mass is 79.9. The van der Waals surface area contributed by atoms with E-state index in [4.69, 9.17) is 22.3 Å². The largest absolute Gasteiger partial charge is 0.399 e. The monoisotopic (exact) mass is 349 g/mol. The summed E-state index contributed by atoms with van der Waals surface area (Å²) in [6.45, 7) is 2.87. The standard InChI is InChI=1S/C15H13BrClN3/c1-2-20-14-12(17)4-3-5-13(14)19-15(20)9-6-10(16)8-11(18)7-9/h3-8H,2,18H2,1H3. The summed E-state index contributed by atoms with van der Waals surface area (Å²) in [6.07, 6.45) is 0.